The lowest BCUT2D eigenvalue weighted by atomic mass is 9.89. The number of ether oxygens (including phenoxy) is 1. The van der Waals surface area contributed by atoms with Crippen molar-refractivity contribution in [2.24, 2.45) is 11.8 Å². The lowest BCUT2D eigenvalue weighted by Crippen LogP contribution is -2.51. The summed E-state index contributed by atoms with van der Waals surface area (Å²) in [6.07, 6.45) is 1.84. The fourth-order valence-corrected chi connectivity index (χ4v) is 3.74. The zero-order valence-corrected chi connectivity index (χ0v) is 16.3. The van der Waals surface area contributed by atoms with Crippen molar-refractivity contribution >= 4 is 21.9 Å². The molecule has 25 heavy (non-hydrogen) atoms. The summed E-state index contributed by atoms with van der Waals surface area (Å²) in [6.45, 7) is 6.64. The maximum absolute atomic E-state index is 12.5. The van der Waals surface area contributed by atoms with Gasteiger partial charge in [-0.3, -0.25) is 9.59 Å². The van der Waals surface area contributed by atoms with Crippen molar-refractivity contribution < 1.29 is 27.9 Å². The van der Waals surface area contributed by atoms with Gasteiger partial charge >= 0.3 is 5.97 Å². The molecule has 0 aromatic heterocycles. The van der Waals surface area contributed by atoms with E-state index in [1.54, 1.807) is 4.90 Å². The van der Waals surface area contributed by atoms with Gasteiger partial charge in [0.1, 0.15) is 6.54 Å². The molecular formula is C16H30N2O6S. The summed E-state index contributed by atoms with van der Waals surface area (Å²) in [4.78, 5) is 25.1. The third-order valence-electron chi connectivity index (χ3n) is 4.58. The van der Waals surface area contributed by atoms with Crippen molar-refractivity contribution in [3.63, 3.8) is 0 Å². The zero-order valence-electron chi connectivity index (χ0n) is 15.5. The van der Waals surface area contributed by atoms with Crippen molar-refractivity contribution in [1.29, 1.82) is 0 Å². The van der Waals surface area contributed by atoms with E-state index in [1.807, 2.05) is 0 Å². The number of hydrogen-bond donors (Lipinski definition) is 1. The molecular weight excluding hydrogens is 348 g/mol. The Balaban J connectivity index is 2.69. The van der Waals surface area contributed by atoms with E-state index in [1.165, 1.54) is 0 Å². The summed E-state index contributed by atoms with van der Waals surface area (Å²) in [5.74, 6) is -0.453. The molecule has 1 aliphatic rings. The molecule has 1 saturated heterocycles. The summed E-state index contributed by atoms with van der Waals surface area (Å²) in [5.41, 5.74) is 0. The van der Waals surface area contributed by atoms with Crippen LogP contribution in [-0.4, -0.2) is 79.8 Å². The molecule has 0 aromatic carbocycles. The van der Waals surface area contributed by atoms with E-state index in [0.29, 0.717) is 31.4 Å². The number of carbonyl (C=O) groups excluding carboxylic acids is 1. The second-order valence-electron chi connectivity index (χ2n) is 6.90. The monoisotopic (exact) mass is 378 g/mol. The molecule has 2 atom stereocenters. The molecule has 0 bridgehead atoms. The van der Waals surface area contributed by atoms with Crippen LogP contribution >= 0.6 is 0 Å². The molecule has 0 radical (unpaired) electrons. The normalized spacial score (nSPS) is 20.1. The molecule has 1 aliphatic heterocycles. The van der Waals surface area contributed by atoms with Gasteiger partial charge in [0.2, 0.25) is 15.9 Å². The van der Waals surface area contributed by atoms with Crippen molar-refractivity contribution in [3.8, 4) is 0 Å². The molecule has 9 heteroatoms. The van der Waals surface area contributed by atoms with Crippen LogP contribution in [0.3, 0.4) is 0 Å². The smallest absolute Gasteiger partial charge is 0.318 e. The van der Waals surface area contributed by atoms with Crippen LogP contribution in [0.4, 0.5) is 0 Å². The quantitative estimate of drug-likeness (QED) is 0.631. The predicted octanol–water partition coefficient (Wildman–Crippen LogP) is 0.632. The fraction of sp³-hybridized carbons (Fsp3) is 0.875. The molecule has 1 rings (SSSR count). The van der Waals surface area contributed by atoms with Gasteiger partial charge in [0.15, 0.2) is 0 Å². The minimum atomic E-state index is -3.66. The SMILES string of the molecule is CCC(CC(=O)N1CCOC(CN(CC(=O)O)S(C)(=O)=O)C1)C(C)C. The molecule has 1 heterocycles. The van der Waals surface area contributed by atoms with E-state index in [2.05, 4.69) is 20.8 Å². The number of nitrogens with zero attached hydrogens (tertiary/aromatic N) is 2. The van der Waals surface area contributed by atoms with Crippen LogP contribution in [0.15, 0.2) is 0 Å². The Bertz CT molecular complexity index is 563. The van der Waals surface area contributed by atoms with E-state index in [9.17, 15) is 18.0 Å². The number of sulfonamides is 1. The first-order valence-electron chi connectivity index (χ1n) is 8.60. The van der Waals surface area contributed by atoms with Crippen LogP contribution < -0.4 is 0 Å². The van der Waals surface area contributed by atoms with Crippen LogP contribution in [0.25, 0.3) is 0 Å². The Kier molecular flexibility index (Phi) is 8.30. The van der Waals surface area contributed by atoms with Gasteiger partial charge in [0, 0.05) is 26.1 Å². The van der Waals surface area contributed by atoms with Crippen molar-refractivity contribution in [2.45, 2.75) is 39.7 Å². The van der Waals surface area contributed by atoms with Gasteiger partial charge in [0.25, 0.3) is 0 Å². The summed E-state index contributed by atoms with van der Waals surface area (Å²) in [6, 6.07) is 0. The molecule has 1 amide bonds. The Morgan fingerprint density at radius 1 is 1.36 bits per heavy atom. The zero-order chi connectivity index (χ0) is 19.2. The molecule has 1 fully saturated rings. The van der Waals surface area contributed by atoms with Gasteiger partial charge in [0.05, 0.1) is 19.0 Å². The first-order valence-corrected chi connectivity index (χ1v) is 10.5. The first-order chi connectivity index (χ1) is 11.5. The highest BCUT2D eigenvalue weighted by molar-refractivity contribution is 7.88. The lowest BCUT2D eigenvalue weighted by molar-refractivity contribution is -0.142. The number of morpholine rings is 1. The van der Waals surface area contributed by atoms with E-state index in [0.717, 1.165) is 17.0 Å². The Morgan fingerprint density at radius 2 is 2.00 bits per heavy atom. The van der Waals surface area contributed by atoms with Crippen molar-refractivity contribution in [3.05, 3.63) is 0 Å². The summed E-state index contributed by atoms with van der Waals surface area (Å²) >= 11 is 0. The number of aliphatic carboxylic acids is 1. The largest absolute Gasteiger partial charge is 0.480 e. The highest BCUT2D eigenvalue weighted by atomic mass is 32.2. The van der Waals surface area contributed by atoms with E-state index in [4.69, 9.17) is 9.84 Å². The van der Waals surface area contributed by atoms with Crippen LogP contribution in [0.1, 0.15) is 33.6 Å². The van der Waals surface area contributed by atoms with Gasteiger partial charge in [-0.25, -0.2) is 8.42 Å². The van der Waals surface area contributed by atoms with Crippen LogP contribution in [0, 0.1) is 11.8 Å². The molecule has 8 nitrogen and oxygen atoms in total. The van der Waals surface area contributed by atoms with Crippen molar-refractivity contribution in [2.75, 3.05) is 39.0 Å². The molecule has 2 unspecified atom stereocenters. The van der Waals surface area contributed by atoms with Crippen LogP contribution in [0.5, 0.6) is 0 Å². The van der Waals surface area contributed by atoms with Gasteiger partial charge in [-0.2, -0.15) is 4.31 Å². The third-order valence-corrected chi connectivity index (χ3v) is 5.80. The number of amides is 1. The summed E-state index contributed by atoms with van der Waals surface area (Å²) < 4.78 is 29.9. The maximum atomic E-state index is 12.5. The molecule has 0 aromatic rings. The first kappa shape index (κ1) is 21.9. The number of carbonyl (C=O) groups is 2. The van der Waals surface area contributed by atoms with Gasteiger partial charge in [-0.05, 0) is 11.8 Å². The van der Waals surface area contributed by atoms with Gasteiger partial charge < -0.3 is 14.7 Å². The molecule has 1 N–H and O–H groups in total. The minimum Gasteiger partial charge on any atom is -0.480 e. The van der Waals surface area contributed by atoms with Crippen LogP contribution in [0.2, 0.25) is 0 Å². The average molecular weight is 378 g/mol. The van der Waals surface area contributed by atoms with E-state index >= 15 is 0 Å². The Labute approximate surface area is 150 Å². The summed E-state index contributed by atoms with van der Waals surface area (Å²) in [5, 5.41) is 8.88. The molecule has 0 spiro atoms. The number of hydrogen-bond acceptors (Lipinski definition) is 5. The second kappa shape index (κ2) is 9.49. The standard InChI is InChI=1S/C16H30N2O6S/c1-5-13(12(2)3)8-15(19)17-6-7-24-14(9-17)10-18(11-16(20)21)25(4,22)23/h12-14H,5-11H2,1-4H3,(H,20,21). The molecule has 0 saturated carbocycles. The topological polar surface area (TPSA) is 104 Å². The van der Waals surface area contributed by atoms with Crippen LogP contribution in [-0.2, 0) is 24.3 Å². The minimum absolute atomic E-state index is 0.0398. The number of carboxylic acid groups (broad SMARTS) is 1. The lowest BCUT2D eigenvalue weighted by Gasteiger charge is -2.35. The van der Waals surface area contributed by atoms with E-state index < -0.39 is 28.6 Å². The van der Waals surface area contributed by atoms with Gasteiger partial charge in [-0.15, -0.1) is 0 Å². The highest BCUT2D eigenvalue weighted by Crippen LogP contribution is 2.21. The second-order valence-corrected chi connectivity index (χ2v) is 8.88. The maximum Gasteiger partial charge on any atom is 0.318 e. The fourth-order valence-electron chi connectivity index (χ4n) is 2.96. The van der Waals surface area contributed by atoms with Gasteiger partial charge in [-0.1, -0.05) is 27.2 Å². The number of rotatable bonds is 9. The molecule has 146 valence electrons. The molecule has 0 aliphatic carbocycles. The Hall–Kier alpha value is -1.19. The van der Waals surface area contributed by atoms with E-state index in [-0.39, 0.29) is 19.0 Å². The number of carboxylic acids is 1. The average Bonchev–Trinajstić information content (AvgIpc) is 2.50. The Morgan fingerprint density at radius 3 is 2.48 bits per heavy atom. The summed E-state index contributed by atoms with van der Waals surface area (Å²) in [7, 11) is -3.66. The highest BCUT2D eigenvalue weighted by Gasteiger charge is 2.30. The predicted molar refractivity (Wildman–Crippen MR) is 93.6 cm³/mol. The third kappa shape index (κ3) is 7.29. The van der Waals surface area contributed by atoms with Crippen molar-refractivity contribution in [1.82, 2.24) is 9.21 Å².